The molecule has 2 aromatic rings. The molecular weight excluding hydrogens is 452 g/mol. The molecule has 3 rings (SSSR count). The number of hydrogen-bond acceptors (Lipinski definition) is 8. The van der Waals surface area contributed by atoms with Crippen molar-refractivity contribution in [1.29, 1.82) is 0 Å². The Morgan fingerprint density at radius 1 is 1.23 bits per heavy atom. The number of nitrogens with zero attached hydrogens (tertiary/aromatic N) is 4. The summed E-state index contributed by atoms with van der Waals surface area (Å²) < 4.78 is 10.5. The van der Waals surface area contributed by atoms with Crippen LogP contribution in [0.4, 0.5) is 22.0 Å². The maximum atomic E-state index is 13.2. The zero-order chi connectivity index (χ0) is 25.6. The van der Waals surface area contributed by atoms with Crippen LogP contribution in [0.1, 0.15) is 39.7 Å². The standard InChI is InChI=1S/C25H30N4O6/c1-5-34-23(30)13-7-18-6-12-22(26-16-18)28(24(31)35-25(2,3)4)21-14-15-27(17-21)19-8-10-20(11-9-19)29(32)33/h6-13,16,21H,5,14-15,17H2,1-4H3/b13-7+/t21-/m1/s1. The largest absolute Gasteiger partial charge is 0.463 e. The second kappa shape index (κ2) is 11.0. The first-order valence-electron chi connectivity index (χ1n) is 11.4. The van der Waals surface area contributed by atoms with Crippen molar-refractivity contribution in [2.24, 2.45) is 0 Å². The molecule has 186 valence electrons. The zero-order valence-corrected chi connectivity index (χ0v) is 20.3. The van der Waals surface area contributed by atoms with Crippen LogP contribution in [0.2, 0.25) is 0 Å². The normalized spacial score (nSPS) is 15.8. The van der Waals surface area contributed by atoms with Gasteiger partial charge in [-0.3, -0.25) is 15.0 Å². The first-order valence-corrected chi connectivity index (χ1v) is 11.4. The fourth-order valence-electron chi connectivity index (χ4n) is 3.71. The summed E-state index contributed by atoms with van der Waals surface area (Å²) in [5.41, 5.74) is 0.870. The van der Waals surface area contributed by atoms with Gasteiger partial charge in [0.05, 0.1) is 17.6 Å². The molecule has 1 aromatic heterocycles. The molecule has 2 heterocycles. The van der Waals surface area contributed by atoms with Gasteiger partial charge in [-0.15, -0.1) is 0 Å². The van der Waals surface area contributed by atoms with E-state index in [-0.39, 0.29) is 11.7 Å². The minimum Gasteiger partial charge on any atom is -0.463 e. The summed E-state index contributed by atoms with van der Waals surface area (Å²) in [5, 5.41) is 10.9. The number of benzene rings is 1. The molecule has 1 aromatic carbocycles. The van der Waals surface area contributed by atoms with Crippen molar-refractivity contribution >= 4 is 35.3 Å². The summed E-state index contributed by atoms with van der Waals surface area (Å²) in [5.74, 6) is -0.00710. The SMILES string of the molecule is CCOC(=O)/C=C/c1ccc(N(C(=O)OC(C)(C)C)[C@@H]2CCN(c3ccc([N+](=O)[O-])cc3)C2)nc1. The molecule has 1 atom stereocenters. The van der Waals surface area contributed by atoms with Crippen LogP contribution < -0.4 is 9.80 Å². The number of esters is 1. The average molecular weight is 483 g/mol. The van der Waals surface area contributed by atoms with Crippen molar-refractivity contribution in [3.8, 4) is 0 Å². The fourth-order valence-corrected chi connectivity index (χ4v) is 3.71. The van der Waals surface area contributed by atoms with Gasteiger partial charge in [0.15, 0.2) is 0 Å². The Labute approximate surface area is 204 Å². The van der Waals surface area contributed by atoms with Crippen molar-refractivity contribution in [2.45, 2.75) is 45.8 Å². The van der Waals surface area contributed by atoms with Crippen LogP contribution >= 0.6 is 0 Å². The molecule has 1 aliphatic rings. The molecule has 35 heavy (non-hydrogen) atoms. The lowest BCUT2D eigenvalue weighted by Gasteiger charge is -2.31. The van der Waals surface area contributed by atoms with Crippen LogP contribution in [0, 0.1) is 10.1 Å². The lowest BCUT2D eigenvalue weighted by atomic mass is 10.2. The van der Waals surface area contributed by atoms with Crippen LogP contribution in [0.15, 0.2) is 48.7 Å². The van der Waals surface area contributed by atoms with Gasteiger partial charge in [0, 0.05) is 43.2 Å². The highest BCUT2D eigenvalue weighted by Gasteiger charge is 2.35. The molecule has 0 N–H and O–H groups in total. The highest BCUT2D eigenvalue weighted by molar-refractivity contribution is 5.88. The Morgan fingerprint density at radius 2 is 1.94 bits per heavy atom. The van der Waals surface area contributed by atoms with Crippen LogP contribution in [0.25, 0.3) is 6.08 Å². The van der Waals surface area contributed by atoms with Gasteiger partial charge in [0.1, 0.15) is 11.4 Å². The summed E-state index contributed by atoms with van der Waals surface area (Å²) in [6.45, 7) is 8.63. The minimum atomic E-state index is -0.686. The Morgan fingerprint density at radius 3 is 2.51 bits per heavy atom. The lowest BCUT2D eigenvalue weighted by Crippen LogP contribution is -2.45. The van der Waals surface area contributed by atoms with Crippen molar-refractivity contribution in [3.05, 3.63) is 64.3 Å². The number of non-ortho nitro benzene ring substituents is 1. The van der Waals surface area contributed by atoms with E-state index >= 15 is 0 Å². The minimum absolute atomic E-state index is 0.0289. The van der Waals surface area contributed by atoms with E-state index in [0.29, 0.717) is 37.5 Å². The Balaban J connectivity index is 1.80. The van der Waals surface area contributed by atoms with Crippen molar-refractivity contribution in [2.75, 3.05) is 29.5 Å². The number of hydrogen-bond donors (Lipinski definition) is 0. The number of carbonyl (C=O) groups excluding carboxylic acids is 2. The smallest absolute Gasteiger partial charge is 0.416 e. The summed E-state index contributed by atoms with van der Waals surface area (Å²) in [6, 6.07) is 9.62. The number of ether oxygens (including phenoxy) is 2. The van der Waals surface area contributed by atoms with E-state index in [1.807, 2.05) is 0 Å². The maximum absolute atomic E-state index is 13.2. The van der Waals surface area contributed by atoms with Gasteiger partial charge in [-0.2, -0.15) is 0 Å². The molecule has 1 fully saturated rings. The maximum Gasteiger partial charge on any atom is 0.416 e. The molecule has 0 bridgehead atoms. The Hall–Kier alpha value is -3.95. The van der Waals surface area contributed by atoms with Gasteiger partial charge < -0.3 is 14.4 Å². The van der Waals surface area contributed by atoms with Crippen LogP contribution in [0.3, 0.4) is 0 Å². The fraction of sp³-hybridized carbons (Fsp3) is 0.400. The van der Waals surface area contributed by atoms with Gasteiger partial charge in [-0.1, -0.05) is 0 Å². The third-order valence-electron chi connectivity index (χ3n) is 5.26. The molecule has 0 saturated carbocycles. The van der Waals surface area contributed by atoms with Gasteiger partial charge in [0.25, 0.3) is 5.69 Å². The number of aromatic nitrogens is 1. The topological polar surface area (TPSA) is 115 Å². The van der Waals surface area contributed by atoms with E-state index in [1.54, 1.807) is 69.1 Å². The monoisotopic (exact) mass is 482 g/mol. The number of anilines is 2. The third-order valence-corrected chi connectivity index (χ3v) is 5.26. The number of nitro benzene ring substituents is 1. The lowest BCUT2D eigenvalue weighted by molar-refractivity contribution is -0.384. The molecule has 10 heteroatoms. The number of pyridine rings is 1. The van der Waals surface area contributed by atoms with Gasteiger partial charge in [-0.05, 0) is 70.0 Å². The highest BCUT2D eigenvalue weighted by Crippen LogP contribution is 2.28. The first-order chi connectivity index (χ1) is 16.6. The molecule has 10 nitrogen and oxygen atoms in total. The molecule has 0 unspecified atom stereocenters. The van der Waals surface area contributed by atoms with Crippen LogP contribution in [0.5, 0.6) is 0 Å². The van der Waals surface area contributed by atoms with E-state index in [2.05, 4.69) is 9.88 Å². The quantitative estimate of drug-likeness (QED) is 0.244. The Kier molecular flexibility index (Phi) is 8.06. The molecule has 0 radical (unpaired) electrons. The number of amides is 1. The van der Waals surface area contributed by atoms with Gasteiger partial charge >= 0.3 is 12.1 Å². The van der Waals surface area contributed by atoms with Crippen LogP contribution in [-0.2, 0) is 14.3 Å². The third kappa shape index (κ3) is 7.02. The van der Waals surface area contributed by atoms with E-state index in [9.17, 15) is 19.7 Å². The predicted molar refractivity (Wildman–Crippen MR) is 132 cm³/mol. The molecule has 0 spiro atoms. The second-order valence-electron chi connectivity index (χ2n) is 9.05. The number of carbonyl (C=O) groups is 2. The predicted octanol–water partition coefficient (Wildman–Crippen LogP) is 4.59. The summed E-state index contributed by atoms with van der Waals surface area (Å²) in [6.07, 6.45) is 4.66. The Bertz CT molecular complexity index is 1080. The van der Waals surface area contributed by atoms with Crippen molar-refractivity contribution in [3.63, 3.8) is 0 Å². The number of rotatable bonds is 7. The summed E-state index contributed by atoms with van der Waals surface area (Å²) in [7, 11) is 0. The molecule has 1 amide bonds. The van der Waals surface area contributed by atoms with E-state index in [4.69, 9.17) is 9.47 Å². The molecule has 1 aliphatic heterocycles. The van der Waals surface area contributed by atoms with E-state index in [0.717, 1.165) is 5.69 Å². The van der Waals surface area contributed by atoms with Crippen molar-refractivity contribution < 1.29 is 24.0 Å². The molecular formula is C25H30N4O6. The average Bonchev–Trinajstić information content (AvgIpc) is 3.27. The van der Waals surface area contributed by atoms with Gasteiger partial charge in [0.2, 0.25) is 0 Å². The van der Waals surface area contributed by atoms with Crippen molar-refractivity contribution in [1.82, 2.24) is 4.98 Å². The second-order valence-corrected chi connectivity index (χ2v) is 9.05. The molecule has 0 aliphatic carbocycles. The highest BCUT2D eigenvalue weighted by atomic mass is 16.6. The van der Waals surface area contributed by atoms with Gasteiger partial charge in [-0.25, -0.2) is 14.6 Å². The summed E-state index contributed by atoms with van der Waals surface area (Å²) in [4.78, 5) is 43.3. The van der Waals surface area contributed by atoms with E-state index < -0.39 is 22.6 Å². The van der Waals surface area contributed by atoms with Crippen LogP contribution in [-0.4, -0.2) is 53.3 Å². The van der Waals surface area contributed by atoms with E-state index in [1.165, 1.54) is 18.2 Å². The number of nitro groups is 1. The first kappa shape index (κ1) is 25.7. The summed E-state index contributed by atoms with van der Waals surface area (Å²) >= 11 is 0. The molecule has 1 saturated heterocycles. The zero-order valence-electron chi connectivity index (χ0n) is 20.3.